The van der Waals surface area contributed by atoms with Gasteiger partial charge in [-0.1, -0.05) is 0 Å². The van der Waals surface area contributed by atoms with Crippen molar-refractivity contribution in [2.75, 3.05) is 6.61 Å². The SMILES string of the molecule is NC(=O)COC(=O)c1csc(-c2ccsc2)n1. The maximum Gasteiger partial charge on any atom is 0.358 e. The van der Waals surface area contributed by atoms with Gasteiger partial charge in [-0.2, -0.15) is 11.3 Å². The molecule has 0 aliphatic rings. The van der Waals surface area contributed by atoms with Gasteiger partial charge in [0.2, 0.25) is 0 Å². The number of carbonyl (C=O) groups is 2. The van der Waals surface area contributed by atoms with Crippen LogP contribution in [0.1, 0.15) is 10.5 Å². The summed E-state index contributed by atoms with van der Waals surface area (Å²) in [5.41, 5.74) is 6.03. The molecule has 0 bridgehead atoms. The van der Waals surface area contributed by atoms with Crippen LogP contribution in [0, 0.1) is 0 Å². The van der Waals surface area contributed by atoms with Gasteiger partial charge in [-0.25, -0.2) is 9.78 Å². The highest BCUT2D eigenvalue weighted by Gasteiger charge is 2.14. The number of hydrogen-bond donors (Lipinski definition) is 1. The Hall–Kier alpha value is -1.73. The number of carbonyl (C=O) groups excluding carboxylic acids is 2. The molecule has 0 unspecified atom stereocenters. The van der Waals surface area contributed by atoms with Crippen molar-refractivity contribution in [1.82, 2.24) is 4.98 Å². The summed E-state index contributed by atoms with van der Waals surface area (Å²) in [6.45, 7) is -0.426. The van der Waals surface area contributed by atoms with E-state index in [0.29, 0.717) is 0 Å². The molecule has 88 valence electrons. The fourth-order valence-corrected chi connectivity index (χ4v) is 2.60. The number of nitrogens with two attached hydrogens (primary N) is 1. The topological polar surface area (TPSA) is 82.3 Å². The number of amides is 1. The van der Waals surface area contributed by atoms with E-state index in [4.69, 9.17) is 5.73 Å². The Labute approximate surface area is 105 Å². The molecule has 0 fully saturated rings. The lowest BCUT2D eigenvalue weighted by molar-refractivity contribution is -0.121. The molecule has 2 heterocycles. The Balaban J connectivity index is 2.08. The average Bonchev–Trinajstić information content (AvgIpc) is 2.94. The second-order valence-corrected chi connectivity index (χ2v) is 4.73. The van der Waals surface area contributed by atoms with Crippen LogP contribution in [0.25, 0.3) is 10.6 Å². The fourth-order valence-electron chi connectivity index (χ4n) is 1.10. The molecule has 2 aromatic heterocycles. The molecule has 17 heavy (non-hydrogen) atoms. The largest absolute Gasteiger partial charge is 0.451 e. The van der Waals surface area contributed by atoms with E-state index >= 15 is 0 Å². The minimum absolute atomic E-state index is 0.192. The van der Waals surface area contributed by atoms with Crippen molar-refractivity contribution in [3.8, 4) is 10.6 Å². The van der Waals surface area contributed by atoms with Crippen LogP contribution < -0.4 is 5.73 Å². The molecule has 0 aliphatic carbocycles. The van der Waals surface area contributed by atoms with E-state index in [1.54, 1.807) is 16.7 Å². The van der Waals surface area contributed by atoms with Gasteiger partial charge in [-0.15, -0.1) is 11.3 Å². The first-order valence-electron chi connectivity index (χ1n) is 4.60. The maximum absolute atomic E-state index is 11.4. The number of primary amides is 1. The van der Waals surface area contributed by atoms with Crippen LogP contribution in [-0.4, -0.2) is 23.5 Å². The van der Waals surface area contributed by atoms with E-state index in [0.717, 1.165) is 10.6 Å². The van der Waals surface area contributed by atoms with E-state index in [-0.39, 0.29) is 5.69 Å². The standard InChI is InChI=1S/C10H8N2O3S2/c11-8(13)3-15-10(14)7-5-17-9(12-7)6-1-2-16-4-6/h1-2,4-5H,3H2,(H2,11,13). The summed E-state index contributed by atoms with van der Waals surface area (Å²) in [4.78, 5) is 26.0. The molecule has 5 nitrogen and oxygen atoms in total. The number of hydrogen-bond acceptors (Lipinski definition) is 6. The summed E-state index contributed by atoms with van der Waals surface area (Å²) < 4.78 is 4.65. The summed E-state index contributed by atoms with van der Waals surface area (Å²) >= 11 is 2.90. The van der Waals surface area contributed by atoms with Crippen LogP contribution in [0.3, 0.4) is 0 Å². The Morgan fingerprint density at radius 1 is 1.41 bits per heavy atom. The molecule has 2 aromatic rings. The first-order valence-corrected chi connectivity index (χ1v) is 6.42. The Kier molecular flexibility index (Phi) is 3.50. The summed E-state index contributed by atoms with van der Waals surface area (Å²) in [6, 6.07) is 1.92. The lowest BCUT2D eigenvalue weighted by atomic mass is 10.3. The first kappa shape index (κ1) is 11.7. The molecule has 0 radical (unpaired) electrons. The van der Waals surface area contributed by atoms with Crippen molar-refractivity contribution >= 4 is 34.6 Å². The number of thiophene rings is 1. The van der Waals surface area contributed by atoms with Gasteiger partial charge in [0, 0.05) is 16.3 Å². The third kappa shape index (κ3) is 2.89. The highest BCUT2D eigenvalue weighted by atomic mass is 32.1. The average molecular weight is 268 g/mol. The number of rotatable bonds is 4. The number of nitrogens with zero attached hydrogens (tertiary/aromatic N) is 1. The smallest absolute Gasteiger partial charge is 0.358 e. The lowest BCUT2D eigenvalue weighted by Crippen LogP contribution is -2.21. The zero-order chi connectivity index (χ0) is 12.3. The van der Waals surface area contributed by atoms with E-state index in [1.807, 2.05) is 16.8 Å². The van der Waals surface area contributed by atoms with Gasteiger partial charge in [0.1, 0.15) is 5.01 Å². The van der Waals surface area contributed by atoms with Crippen molar-refractivity contribution < 1.29 is 14.3 Å². The van der Waals surface area contributed by atoms with Gasteiger partial charge < -0.3 is 10.5 Å². The number of ether oxygens (including phenoxy) is 1. The van der Waals surface area contributed by atoms with Gasteiger partial charge in [0.05, 0.1) is 0 Å². The molecular formula is C10H8N2O3S2. The van der Waals surface area contributed by atoms with E-state index in [9.17, 15) is 9.59 Å². The van der Waals surface area contributed by atoms with Crippen molar-refractivity contribution in [2.45, 2.75) is 0 Å². The minimum atomic E-state index is -0.688. The Morgan fingerprint density at radius 3 is 2.88 bits per heavy atom. The first-order chi connectivity index (χ1) is 8.16. The van der Waals surface area contributed by atoms with Gasteiger partial charge in [-0.3, -0.25) is 4.79 Å². The second kappa shape index (κ2) is 5.07. The Morgan fingerprint density at radius 2 is 2.24 bits per heavy atom. The fraction of sp³-hybridized carbons (Fsp3) is 0.100. The van der Waals surface area contributed by atoms with Crippen LogP contribution in [-0.2, 0) is 9.53 Å². The van der Waals surface area contributed by atoms with Crippen LogP contribution >= 0.6 is 22.7 Å². The molecule has 2 N–H and O–H groups in total. The molecule has 0 atom stereocenters. The number of esters is 1. The van der Waals surface area contributed by atoms with Crippen molar-refractivity contribution in [2.24, 2.45) is 5.73 Å². The monoisotopic (exact) mass is 268 g/mol. The second-order valence-electron chi connectivity index (χ2n) is 3.09. The zero-order valence-corrected chi connectivity index (χ0v) is 10.2. The van der Waals surface area contributed by atoms with Crippen LogP contribution in [0.15, 0.2) is 22.2 Å². The number of thiazole rings is 1. The molecule has 0 aromatic carbocycles. The highest BCUT2D eigenvalue weighted by molar-refractivity contribution is 7.14. The van der Waals surface area contributed by atoms with E-state index in [1.165, 1.54) is 11.3 Å². The van der Waals surface area contributed by atoms with E-state index < -0.39 is 18.5 Å². The quantitative estimate of drug-likeness (QED) is 0.852. The zero-order valence-electron chi connectivity index (χ0n) is 8.58. The molecular weight excluding hydrogens is 260 g/mol. The molecule has 7 heteroatoms. The van der Waals surface area contributed by atoms with E-state index in [2.05, 4.69) is 9.72 Å². The predicted molar refractivity (Wildman–Crippen MR) is 64.9 cm³/mol. The third-order valence-corrected chi connectivity index (χ3v) is 3.40. The summed E-state index contributed by atoms with van der Waals surface area (Å²) in [7, 11) is 0. The van der Waals surface area contributed by atoms with Crippen LogP contribution in [0.5, 0.6) is 0 Å². The Bertz CT molecular complexity index is 534. The molecule has 0 saturated heterocycles. The minimum Gasteiger partial charge on any atom is -0.451 e. The summed E-state index contributed by atoms with van der Waals surface area (Å²) in [5.74, 6) is -1.33. The predicted octanol–water partition coefficient (Wildman–Crippen LogP) is 1.51. The number of aromatic nitrogens is 1. The maximum atomic E-state index is 11.4. The normalized spacial score (nSPS) is 10.1. The molecule has 1 amide bonds. The van der Waals surface area contributed by atoms with Gasteiger partial charge >= 0.3 is 5.97 Å². The highest BCUT2D eigenvalue weighted by Crippen LogP contribution is 2.25. The third-order valence-electron chi connectivity index (χ3n) is 1.83. The van der Waals surface area contributed by atoms with Gasteiger partial charge in [0.15, 0.2) is 12.3 Å². The van der Waals surface area contributed by atoms with Gasteiger partial charge in [-0.05, 0) is 11.4 Å². The van der Waals surface area contributed by atoms with Crippen LogP contribution in [0.4, 0.5) is 0 Å². The van der Waals surface area contributed by atoms with Crippen molar-refractivity contribution in [1.29, 1.82) is 0 Å². The van der Waals surface area contributed by atoms with Crippen molar-refractivity contribution in [3.63, 3.8) is 0 Å². The van der Waals surface area contributed by atoms with Crippen LogP contribution in [0.2, 0.25) is 0 Å². The molecule has 0 saturated carbocycles. The van der Waals surface area contributed by atoms with Gasteiger partial charge in [0.25, 0.3) is 5.91 Å². The molecule has 2 rings (SSSR count). The molecule has 0 aliphatic heterocycles. The molecule has 0 spiro atoms. The summed E-state index contributed by atoms with van der Waals surface area (Å²) in [6.07, 6.45) is 0. The lowest BCUT2D eigenvalue weighted by Gasteiger charge is -1.97. The van der Waals surface area contributed by atoms with Crippen molar-refractivity contribution in [3.05, 3.63) is 27.9 Å². The summed E-state index contributed by atoms with van der Waals surface area (Å²) in [5, 5.41) is 6.22.